The highest BCUT2D eigenvalue weighted by molar-refractivity contribution is 7.25. The summed E-state index contributed by atoms with van der Waals surface area (Å²) in [6.45, 7) is 0. The Balaban J connectivity index is 1.47. The standard InChI is InChI=1S/C36H20N2S/c1-2-9-21(10-3-1)22-17-19-28-34(33(22)26-13-8-16-31-32(26)25-12-5-7-15-30(25)39-31)35-29(37-28)20-18-24-23-11-4-6-14-27(23)38-36(24)35/h1-20H. The van der Waals surface area contributed by atoms with Gasteiger partial charge in [-0.25, -0.2) is 9.98 Å². The maximum absolute atomic E-state index is 5.17. The number of fused-ring (bicyclic) bond motifs is 9. The molecule has 2 aliphatic heterocycles. The third-order valence-electron chi connectivity index (χ3n) is 8.01. The zero-order valence-electron chi connectivity index (χ0n) is 20.8. The van der Waals surface area contributed by atoms with Gasteiger partial charge >= 0.3 is 0 Å². The maximum Gasteiger partial charge on any atom is 0.0817 e. The van der Waals surface area contributed by atoms with Crippen LogP contribution in [-0.2, 0) is 0 Å². The Bertz CT molecular complexity index is 2380. The Morgan fingerprint density at radius 1 is 0.462 bits per heavy atom. The number of nitrogens with zero attached hydrogens (tertiary/aromatic N) is 2. The highest BCUT2D eigenvalue weighted by Gasteiger charge is 2.27. The molecule has 0 amide bonds. The van der Waals surface area contributed by atoms with E-state index in [4.69, 9.17) is 9.98 Å². The van der Waals surface area contributed by atoms with Crippen molar-refractivity contribution in [1.82, 2.24) is 0 Å². The van der Waals surface area contributed by atoms with Crippen molar-refractivity contribution in [3.63, 3.8) is 0 Å². The largest absolute Gasteiger partial charge is 0.248 e. The van der Waals surface area contributed by atoms with Crippen molar-refractivity contribution >= 4 is 42.9 Å². The fourth-order valence-electron chi connectivity index (χ4n) is 6.36. The van der Waals surface area contributed by atoms with Crippen LogP contribution in [0.15, 0.2) is 131 Å². The van der Waals surface area contributed by atoms with Gasteiger partial charge in [-0.2, -0.15) is 0 Å². The average Bonchev–Trinajstić information content (AvgIpc) is 3.67. The second-order valence-electron chi connectivity index (χ2n) is 10.1. The van der Waals surface area contributed by atoms with E-state index in [1.54, 1.807) is 0 Å². The highest BCUT2D eigenvalue weighted by atomic mass is 32.1. The van der Waals surface area contributed by atoms with Crippen LogP contribution in [-0.4, -0.2) is 0 Å². The molecule has 7 aromatic rings. The van der Waals surface area contributed by atoms with Crippen LogP contribution in [0, 0.1) is 10.4 Å². The number of para-hydroxylation sites is 1. The number of hydrogen-bond donors (Lipinski definition) is 0. The molecule has 0 N–H and O–H groups in total. The van der Waals surface area contributed by atoms with Crippen LogP contribution in [0.5, 0.6) is 0 Å². The first kappa shape index (κ1) is 21.1. The Morgan fingerprint density at radius 3 is 2.23 bits per heavy atom. The van der Waals surface area contributed by atoms with Crippen molar-refractivity contribution in [3.05, 3.63) is 142 Å². The van der Waals surface area contributed by atoms with E-state index < -0.39 is 0 Å². The lowest BCUT2D eigenvalue weighted by Gasteiger charge is -2.18. The van der Waals surface area contributed by atoms with Crippen LogP contribution in [0.25, 0.3) is 53.6 Å². The summed E-state index contributed by atoms with van der Waals surface area (Å²) in [5.41, 5.74) is 9.26. The molecular formula is C36H20N2S. The molecule has 0 spiro atoms. The fourth-order valence-corrected chi connectivity index (χ4v) is 7.49. The van der Waals surface area contributed by atoms with Crippen LogP contribution in [0.4, 0.5) is 11.4 Å². The van der Waals surface area contributed by atoms with E-state index in [1.807, 2.05) is 11.3 Å². The van der Waals surface area contributed by atoms with Crippen molar-refractivity contribution in [1.29, 1.82) is 0 Å². The molecule has 2 nitrogen and oxygen atoms in total. The van der Waals surface area contributed by atoms with Crippen molar-refractivity contribution in [2.45, 2.75) is 0 Å². The van der Waals surface area contributed by atoms with Crippen LogP contribution in [0.2, 0.25) is 0 Å². The van der Waals surface area contributed by atoms with Crippen LogP contribution >= 0.6 is 11.3 Å². The van der Waals surface area contributed by atoms with E-state index >= 15 is 0 Å². The summed E-state index contributed by atoms with van der Waals surface area (Å²) in [5, 5.41) is 7.01. The molecule has 0 atom stereocenters. The second kappa shape index (κ2) is 7.83. The predicted molar refractivity (Wildman–Crippen MR) is 161 cm³/mol. The van der Waals surface area contributed by atoms with E-state index in [2.05, 4.69) is 121 Å². The second-order valence-corrected chi connectivity index (χ2v) is 11.2. The minimum absolute atomic E-state index is 0.995. The predicted octanol–water partition coefficient (Wildman–Crippen LogP) is 8.87. The summed E-state index contributed by atoms with van der Waals surface area (Å²) < 4.78 is 2.61. The molecule has 1 aromatic heterocycles. The van der Waals surface area contributed by atoms with Gasteiger partial charge in [0.05, 0.1) is 22.1 Å². The molecule has 0 fully saturated rings. The van der Waals surface area contributed by atoms with Gasteiger partial charge < -0.3 is 0 Å². The van der Waals surface area contributed by atoms with E-state index in [0.717, 1.165) is 27.7 Å². The number of hydrogen-bond acceptors (Lipinski definition) is 3. The highest BCUT2D eigenvalue weighted by Crippen LogP contribution is 2.52. The lowest BCUT2D eigenvalue weighted by Crippen LogP contribution is -2.01. The molecular weight excluding hydrogens is 492 g/mol. The molecule has 39 heavy (non-hydrogen) atoms. The van der Waals surface area contributed by atoms with Gasteiger partial charge in [0.25, 0.3) is 0 Å². The molecule has 3 heteroatoms. The van der Waals surface area contributed by atoms with Crippen LogP contribution < -0.4 is 10.7 Å². The molecule has 0 saturated carbocycles. The zero-order valence-corrected chi connectivity index (χ0v) is 21.7. The first-order valence-corrected chi connectivity index (χ1v) is 14.0. The monoisotopic (exact) mass is 512 g/mol. The SMILES string of the molecule is c1ccc(-c2ccc3c(c2-c2cccc4sc5ccccc5c24)-c2c4c(ccc2=N3)=c2ccccc2=N4)cc1. The Morgan fingerprint density at radius 2 is 1.28 bits per heavy atom. The smallest absolute Gasteiger partial charge is 0.0817 e. The van der Waals surface area contributed by atoms with Gasteiger partial charge in [0.2, 0.25) is 0 Å². The summed E-state index contributed by atoms with van der Waals surface area (Å²) in [7, 11) is 0. The molecule has 0 bridgehead atoms. The molecule has 3 heterocycles. The zero-order chi connectivity index (χ0) is 25.5. The minimum atomic E-state index is 0.995. The summed E-state index contributed by atoms with van der Waals surface area (Å²) in [4.78, 5) is 10.3. The lowest BCUT2D eigenvalue weighted by atomic mass is 9.85. The number of thiophene rings is 1. The maximum atomic E-state index is 5.17. The summed E-state index contributed by atoms with van der Waals surface area (Å²) in [6.07, 6.45) is 0. The third-order valence-corrected chi connectivity index (χ3v) is 9.15. The number of rotatable bonds is 2. The first-order valence-electron chi connectivity index (χ1n) is 13.2. The lowest BCUT2D eigenvalue weighted by molar-refractivity contribution is 1.36. The topological polar surface area (TPSA) is 24.7 Å². The van der Waals surface area contributed by atoms with E-state index in [-0.39, 0.29) is 0 Å². The van der Waals surface area contributed by atoms with E-state index in [1.165, 1.54) is 58.4 Å². The quantitative estimate of drug-likeness (QED) is 0.221. The third kappa shape index (κ3) is 2.91. The van der Waals surface area contributed by atoms with Crippen molar-refractivity contribution in [3.8, 4) is 33.4 Å². The molecule has 0 radical (unpaired) electrons. The Labute approximate surface area is 228 Å². The number of benzene rings is 6. The fraction of sp³-hybridized carbons (Fsp3) is 0. The van der Waals surface area contributed by atoms with Crippen molar-refractivity contribution in [2.24, 2.45) is 9.98 Å². The average molecular weight is 513 g/mol. The van der Waals surface area contributed by atoms with E-state index in [9.17, 15) is 0 Å². The van der Waals surface area contributed by atoms with Gasteiger partial charge in [0.1, 0.15) is 0 Å². The Hall–Kier alpha value is -4.86. The summed E-state index contributed by atoms with van der Waals surface area (Å²) >= 11 is 1.86. The minimum Gasteiger partial charge on any atom is -0.248 e. The van der Waals surface area contributed by atoms with Gasteiger partial charge in [0.15, 0.2) is 0 Å². The van der Waals surface area contributed by atoms with Gasteiger partial charge in [-0.1, -0.05) is 84.9 Å². The van der Waals surface area contributed by atoms with Gasteiger partial charge in [-0.05, 0) is 53.1 Å². The molecule has 9 rings (SSSR count). The van der Waals surface area contributed by atoms with Gasteiger partial charge in [0, 0.05) is 47.3 Å². The summed E-state index contributed by atoms with van der Waals surface area (Å²) in [5.74, 6) is 0. The molecule has 0 aliphatic carbocycles. The first-order chi connectivity index (χ1) is 19.3. The van der Waals surface area contributed by atoms with Crippen LogP contribution in [0.1, 0.15) is 0 Å². The molecule has 0 unspecified atom stereocenters. The van der Waals surface area contributed by atoms with Gasteiger partial charge in [-0.15, -0.1) is 11.3 Å². The van der Waals surface area contributed by atoms with Crippen molar-refractivity contribution in [2.75, 3.05) is 0 Å². The van der Waals surface area contributed by atoms with Crippen LogP contribution in [0.3, 0.4) is 0 Å². The molecule has 2 aliphatic rings. The molecule has 180 valence electrons. The summed E-state index contributed by atoms with van der Waals surface area (Å²) in [6, 6.07) is 43.4. The van der Waals surface area contributed by atoms with Crippen molar-refractivity contribution < 1.29 is 0 Å². The normalized spacial score (nSPS) is 12.5. The molecule has 6 aromatic carbocycles. The molecule has 0 saturated heterocycles. The Kier molecular flexibility index (Phi) is 4.24. The van der Waals surface area contributed by atoms with E-state index in [0.29, 0.717) is 0 Å². The van der Waals surface area contributed by atoms with Gasteiger partial charge in [-0.3, -0.25) is 0 Å².